The summed E-state index contributed by atoms with van der Waals surface area (Å²) in [5, 5.41) is -0.529. The number of ketones is 1. The van der Waals surface area contributed by atoms with E-state index in [0.29, 0.717) is 29.4 Å². The van der Waals surface area contributed by atoms with Crippen molar-refractivity contribution in [3.05, 3.63) is 41.1 Å². The maximum absolute atomic E-state index is 14.4. The number of alkyl halides is 3. The Morgan fingerprint density at radius 3 is 1.84 bits per heavy atom. The van der Waals surface area contributed by atoms with Crippen LogP contribution in [0.5, 0.6) is 5.75 Å². The van der Waals surface area contributed by atoms with Crippen molar-refractivity contribution in [2.75, 3.05) is 14.2 Å². The fourth-order valence-corrected chi connectivity index (χ4v) is 7.85. The van der Waals surface area contributed by atoms with Gasteiger partial charge in [0.15, 0.2) is 0 Å². The number of Topliss-reactive ketones (excluding diaryl/α,β-unsaturated/α-hetero) is 1. The summed E-state index contributed by atoms with van der Waals surface area (Å²) >= 11 is 0. The van der Waals surface area contributed by atoms with Gasteiger partial charge in [-0.05, 0) is 17.7 Å². The largest absolute Gasteiger partial charge is 0.497 e. The van der Waals surface area contributed by atoms with Gasteiger partial charge in [0.25, 0.3) is 0 Å². The van der Waals surface area contributed by atoms with Gasteiger partial charge in [-0.2, -0.15) is 13.2 Å². The highest BCUT2D eigenvalue weighted by Crippen LogP contribution is 2.45. The summed E-state index contributed by atoms with van der Waals surface area (Å²) in [5.41, 5.74) is -0.955. The fourth-order valence-electron chi connectivity index (χ4n) is 4.09. The number of benzene rings is 1. The van der Waals surface area contributed by atoms with Crippen molar-refractivity contribution in [2.45, 2.75) is 64.8 Å². The summed E-state index contributed by atoms with van der Waals surface area (Å²) in [6.45, 7) is 8.36. The molecular weight excluding hydrogens is 425 g/mol. The summed E-state index contributed by atoms with van der Waals surface area (Å²) in [5.74, 6) is -2.38. The molecule has 174 valence electrons. The second-order valence-electron chi connectivity index (χ2n) is 8.21. The molecule has 1 rings (SSSR count). The van der Waals surface area contributed by atoms with Crippen LogP contribution in [0, 0.1) is 5.41 Å². The number of rotatable bonds is 10. The van der Waals surface area contributed by atoms with Crippen LogP contribution in [0.2, 0.25) is 18.1 Å². The zero-order valence-corrected chi connectivity index (χ0v) is 20.4. The van der Waals surface area contributed by atoms with Gasteiger partial charge in [-0.3, -0.25) is 4.79 Å². The Morgan fingerprint density at radius 1 is 1.00 bits per heavy atom. The Balaban J connectivity index is 3.85. The van der Waals surface area contributed by atoms with Crippen molar-refractivity contribution in [1.29, 1.82) is 0 Å². The number of hydrogen-bond acceptors (Lipinski definition) is 4. The number of methoxy groups -OCH3 is 2. The van der Waals surface area contributed by atoms with Gasteiger partial charge >= 0.3 is 12.1 Å². The Labute approximate surface area is 183 Å². The highest BCUT2D eigenvalue weighted by Gasteiger charge is 2.49. The molecule has 0 aliphatic heterocycles. The quantitative estimate of drug-likeness (QED) is 0.242. The summed E-state index contributed by atoms with van der Waals surface area (Å²) in [6.07, 6.45) is -3.32. The van der Waals surface area contributed by atoms with Gasteiger partial charge in [-0.25, -0.2) is 4.79 Å². The van der Waals surface area contributed by atoms with Crippen LogP contribution < -0.4 is 4.74 Å². The average Bonchev–Trinajstić information content (AvgIpc) is 2.75. The monoisotopic (exact) mass is 458 g/mol. The standard InChI is InChI=1S/C23H33F3O4Si/c1-8-31(9-2,10-3)19(23(24,25)26)15-18(16-11-13-17(29-6)14-12-16)22(4,5)20(27)21(28)30-7/h11-15,18H,8-10H2,1-7H3/b19-15+. The van der Waals surface area contributed by atoms with Crippen molar-refractivity contribution >= 4 is 19.8 Å². The second kappa shape index (κ2) is 10.5. The highest BCUT2D eigenvalue weighted by molar-refractivity contribution is 6.86. The molecule has 1 aromatic rings. The van der Waals surface area contributed by atoms with Gasteiger partial charge in [0.2, 0.25) is 5.78 Å². The van der Waals surface area contributed by atoms with Gasteiger partial charge in [0, 0.05) is 16.5 Å². The van der Waals surface area contributed by atoms with Crippen LogP contribution in [0.4, 0.5) is 13.2 Å². The number of carbonyl (C=O) groups is 2. The van der Waals surface area contributed by atoms with Crippen molar-refractivity contribution in [3.8, 4) is 5.75 Å². The van der Waals surface area contributed by atoms with E-state index in [1.54, 1.807) is 45.0 Å². The SMILES string of the molecule is CC[Si](CC)(CC)/C(=C/C(c1ccc(OC)cc1)C(C)(C)C(=O)C(=O)OC)C(F)(F)F. The zero-order chi connectivity index (χ0) is 24.0. The van der Waals surface area contributed by atoms with Crippen LogP contribution in [0.25, 0.3) is 0 Å². The number of halogens is 3. The first-order valence-corrected chi connectivity index (χ1v) is 13.0. The van der Waals surface area contributed by atoms with E-state index in [4.69, 9.17) is 4.74 Å². The minimum Gasteiger partial charge on any atom is -0.497 e. The third-order valence-corrected chi connectivity index (χ3v) is 12.1. The first-order chi connectivity index (χ1) is 14.3. The number of ether oxygens (including phenoxy) is 2. The first kappa shape index (κ1) is 26.9. The van der Waals surface area contributed by atoms with Gasteiger partial charge in [-0.1, -0.05) is 71.0 Å². The third kappa shape index (κ3) is 5.78. The van der Waals surface area contributed by atoms with Crippen LogP contribution in [0.3, 0.4) is 0 Å². The predicted octanol–water partition coefficient (Wildman–Crippen LogP) is 6.08. The molecule has 1 aromatic carbocycles. The number of hydrogen-bond donors (Lipinski definition) is 0. The predicted molar refractivity (Wildman–Crippen MR) is 118 cm³/mol. The lowest BCUT2D eigenvalue weighted by molar-refractivity contribution is -0.156. The molecule has 0 amide bonds. The van der Waals surface area contributed by atoms with E-state index < -0.39 is 42.5 Å². The maximum Gasteiger partial charge on any atom is 0.408 e. The molecule has 0 aliphatic rings. The molecule has 0 bridgehead atoms. The van der Waals surface area contributed by atoms with E-state index in [-0.39, 0.29) is 0 Å². The minimum atomic E-state index is -4.52. The zero-order valence-electron chi connectivity index (χ0n) is 19.4. The molecule has 0 fully saturated rings. The van der Waals surface area contributed by atoms with Gasteiger partial charge in [0.05, 0.1) is 22.3 Å². The van der Waals surface area contributed by atoms with Crippen LogP contribution in [-0.2, 0) is 14.3 Å². The van der Waals surface area contributed by atoms with E-state index in [9.17, 15) is 22.8 Å². The summed E-state index contributed by atoms with van der Waals surface area (Å²) in [6, 6.07) is 7.84. The third-order valence-electron chi connectivity index (χ3n) is 6.45. The molecule has 8 heteroatoms. The Kier molecular flexibility index (Phi) is 9.11. The lowest BCUT2D eigenvalue weighted by Gasteiger charge is -2.36. The summed E-state index contributed by atoms with van der Waals surface area (Å²) in [4.78, 5) is 24.8. The molecule has 0 saturated carbocycles. The number of carbonyl (C=O) groups excluding carboxylic acids is 2. The topological polar surface area (TPSA) is 52.6 Å². The van der Waals surface area contributed by atoms with Gasteiger partial charge < -0.3 is 9.47 Å². The van der Waals surface area contributed by atoms with Crippen LogP contribution in [0.1, 0.15) is 46.1 Å². The fraction of sp³-hybridized carbons (Fsp3) is 0.565. The molecule has 0 spiro atoms. The Morgan fingerprint density at radius 2 is 1.48 bits per heavy atom. The maximum atomic E-state index is 14.4. The van der Waals surface area contributed by atoms with Crippen LogP contribution in [-0.4, -0.2) is 40.2 Å². The molecular formula is C23H33F3O4Si. The lowest BCUT2D eigenvalue weighted by atomic mass is 9.71. The molecule has 0 heterocycles. The number of esters is 1. The van der Waals surface area contributed by atoms with E-state index in [0.717, 1.165) is 7.11 Å². The number of allylic oxidation sites excluding steroid dienone is 2. The summed E-state index contributed by atoms with van der Waals surface area (Å²) in [7, 11) is -0.290. The average molecular weight is 459 g/mol. The van der Waals surface area contributed by atoms with Crippen LogP contribution in [0.15, 0.2) is 35.5 Å². The smallest absolute Gasteiger partial charge is 0.408 e. The van der Waals surface area contributed by atoms with Crippen molar-refractivity contribution in [2.24, 2.45) is 5.41 Å². The molecule has 1 unspecified atom stereocenters. The molecule has 0 aromatic heterocycles. The normalized spacial score (nSPS) is 14.2. The molecule has 0 radical (unpaired) electrons. The highest BCUT2D eigenvalue weighted by atomic mass is 28.3. The molecule has 4 nitrogen and oxygen atoms in total. The van der Waals surface area contributed by atoms with E-state index in [2.05, 4.69) is 4.74 Å². The van der Waals surface area contributed by atoms with E-state index in [1.807, 2.05) is 0 Å². The van der Waals surface area contributed by atoms with Crippen molar-refractivity contribution in [3.63, 3.8) is 0 Å². The molecule has 31 heavy (non-hydrogen) atoms. The van der Waals surface area contributed by atoms with Gasteiger partial charge in [-0.15, -0.1) is 0 Å². The van der Waals surface area contributed by atoms with Crippen molar-refractivity contribution < 1.29 is 32.2 Å². The Hall–Kier alpha value is -2.09. The second-order valence-corrected chi connectivity index (χ2v) is 13.4. The first-order valence-electron chi connectivity index (χ1n) is 10.4. The molecule has 0 aliphatic carbocycles. The van der Waals surface area contributed by atoms with E-state index >= 15 is 0 Å². The van der Waals surface area contributed by atoms with Gasteiger partial charge in [0.1, 0.15) is 5.75 Å². The lowest BCUT2D eigenvalue weighted by Crippen LogP contribution is -2.43. The minimum absolute atomic E-state index is 0.437. The molecule has 1 atom stereocenters. The molecule has 0 N–H and O–H groups in total. The van der Waals surface area contributed by atoms with Crippen molar-refractivity contribution in [1.82, 2.24) is 0 Å². The molecule has 0 saturated heterocycles. The summed E-state index contributed by atoms with van der Waals surface area (Å²) < 4.78 is 52.8. The Bertz CT molecular complexity index is 786. The van der Waals surface area contributed by atoms with E-state index in [1.165, 1.54) is 27.0 Å². The van der Waals surface area contributed by atoms with Crippen LogP contribution >= 0.6 is 0 Å².